The first-order valence-corrected chi connectivity index (χ1v) is 7.08. The highest BCUT2D eigenvalue weighted by atomic mass is 19.4. The summed E-state index contributed by atoms with van der Waals surface area (Å²) < 4.78 is 36.5. The largest absolute Gasteiger partial charge is 0.401 e. The maximum absolute atomic E-state index is 12.2. The van der Waals surface area contributed by atoms with Gasteiger partial charge in [0, 0.05) is 23.2 Å². The van der Waals surface area contributed by atoms with E-state index < -0.39 is 12.7 Å². The zero-order valence-electron chi connectivity index (χ0n) is 13.1. The Labute approximate surface area is 124 Å². The lowest BCUT2D eigenvalue weighted by molar-refractivity contribution is -0.143. The van der Waals surface area contributed by atoms with E-state index in [1.165, 1.54) is 11.9 Å². The van der Waals surface area contributed by atoms with Crippen molar-refractivity contribution in [3.05, 3.63) is 17.5 Å². The van der Waals surface area contributed by atoms with Crippen molar-refractivity contribution in [3.8, 4) is 0 Å². The first-order chi connectivity index (χ1) is 9.59. The normalized spacial score (nSPS) is 13.1. The van der Waals surface area contributed by atoms with Crippen LogP contribution in [-0.2, 0) is 12.0 Å². The highest BCUT2D eigenvalue weighted by Crippen LogP contribution is 2.23. The second-order valence-electron chi connectivity index (χ2n) is 6.40. The van der Waals surface area contributed by atoms with E-state index >= 15 is 0 Å². The van der Waals surface area contributed by atoms with Gasteiger partial charge in [0.25, 0.3) is 0 Å². The maximum atomic E-state index is 12.2. The fraction of sp³-hybridized carbons (Fsp3) is 0.786. The average molecular weight is 306 g/mol. The van der Waals surface area contributed by atoms with Crippen molar-refractivity contribution < 1.29 is 13.2 Å². The van der Waals surface area contributed by atoms with Crippen LogP contribution in [0.25, 0.3) is 0 Å². The molecule has 122 valence electrons. The number of aromatic nitrogens is 2. The Morgan fingerprint density at radius 2 is 1.95 bits per heavy atom. The monoisotopic (exact) mass is 306 g/mol. The summed E-state index contributed by atoms with van der Waals surface area (Å²) in [5.41, 5.74) is 2.19. The third kappa shape index (κ3) is 6.95. The SMILES string of the molecule is CN(CCCNCc1cn[nH]c1C(C)(C)C)CC(F)(F)F. The zero-order chi connectivity index (χ0) is 16.1. The van der Waals surface area contributed by atoms with Crippen molar-refractivity contribution in [1.29, 1.82) is 0 Å². The number of hydrogen-bond acceptors (Lipinski definition) is 3. The van der Waals surface area contributed by atoms with Crippen molar-refractivity contribution >= 4 is 0 Å². The molecule has 0 radical (unpaired) electrons. The molecule has 0 atom stereocenters. The van der Waals surface area contributed by atoms with Crippen LogP contribution >= 0.6 is 0 Å². The number of hydrogen-bond donors (Lipinski definition) is 2. The average Bonchev–Trinajstić information content (AvgIpc) is 2.74. The lowest BCUT2D eigenvalue weighted by Gasteiger charge is -2.19. The predicted octanol–water partition coefficient (Wildman–Crippen LogP) is 2.68. The Hall–Kier alpha value is -1.08. The second-order valence-corrected chi connectivity index (χ2v) is 6.40. The molecule has 0 aliphatic rings. The van der Waals surface area contributed by atoms with Crippen molar-refractivity contribution in [2.24, 2.45) is 0 Å². The molecule has 1 rings (SSSR count). The van der Waals surface area contributed by atoms with Crippen molar-refractivity contribution in [3.63, 3.8) is 0 Å². The maximum Gasteiger partial charge on any atom is 0.401 e. The van der Waals surface area contributed by atoms with E-state index in [0.29, 0.717) is 26.1 Å². The quantitative estimate of drug-likeness (QED) is 0.761. The van der Waals surface area contributed by atoms with E-state index in [4.69, 9.17) is 0 Å². The number of halogens is 3. The van der Waals surface area contributed by atoms with Gasteiger partial charge in [-0.05, 0) is 26.6 Å². The molecule has 0 unspecified atom stereocenters. The Balaban J connectivity index is 2.25. The molecule has 0 bridgehead atoms. The summed E-state index contributed by atoms with van der Waals surface area (Å²) in [5.74, 6) is 0. The summed E-state index contributed by atoms with van der Waals surface area (Å²) in [7, 11) is 1.49. The first kappa shape index (κ1) is 18.0. The number of nitrogens with one attached hydrogen (secondary N) is 2. The molecule has 7 heteroatoms. The third-order valence-electron chi connectivity index (χ3n) is 3.13. The molecular weight excluding hydrogens is 281 g/mol. The van der Waals surface area contributed by atoms with Gasteiger partial charge in [-0.2, -0.15) is 18.3 Å². The smallest absolute Gasteiger partial charge is 0.312 e. The van der Waals surface area contributed by atoms with Gasteiger partial charge in [0.05, 0.1) is 12.7 Å². The minimum atomic E-state index is -4.12. The summed E-state index contributed by atoms with van der Waals surface area (Å²) in [6.45, 7) is 7.23. The molecule has 1 aromatic rings. The number of aromatic amines is 1. The number of alkyl halides is 3. The molecule has 0 saturated heterocycles. The van der Waals surface area contributed by atoms with Gasteiger partial charge in [-0.3, -0.25) is 10.00 Å². The number of rotatable bonds is 7. The highest BCUT2D eigenvalue weighted by molar-refractivity contribution is 5.23. The van der Waals surface area contributed by atoms with E-state index in [2.05, 4.69) is 36.3 Å². The van der Waals surface area contributed by atoms with Gasteiger partial charge in [-0.1, -0.05) is 20.8 Å². The highest BCUT2D eigenvalue weighted by Gasteiger charge is 2.28. The molecule has 0 aromatic carbocycles. The van der Waals surface area contributed by atoms with Crippen molar-refractivity contribution in [1.82, 2.24) is 20.4 Å². The minimum Gasteiger partial charge on any atom is -0.312 e. The molecule has 4 nitrogen and oxygen atoms in total. The molecule has 0 spiro atoms. The summed E-state index contributed by atoms with van der Waals surface area (Å²) in [5, 5.41) is 10.3. The van der Waals surface area contributed by atoms with Gasteiger partial charge in [0.2, 0.25) is 0 Å². The molecule has 21 heavy (non-hydrogen) atoms. The van der Waals surface area contributed by atoms with Crippen molar-refractivity contribution in [2.45, 2.75) is 45.3 Å². The lowest BCUT2D eigenvalue weighted by Crippen LogP contribution is -2.33. The minimum absolute atomic E-state index is 0.000436. The van der Waals surface area contributed by atoms with Crippen LogP contribution in [-0.4, -0.2) is 48.0 Å². The van der Waals surface area contributed by atoms with E-state index in [9.17, 15) is 13.2 Å². The molecule has 0 amide bonds. The van der Waals surface area contributed by atoms with Gasteiger partial charge < -0.3 is 5.32 Å². The summed E-state index contributed by atoms with van der Waals surface area (Å²) in [6.07, 6.45) is -1.65. The van der Waals surface area contributed by atoms with Crippen LogP contribution in [0.15, 0.2) is 6.20 Å². The standard InChI is InChI=1S/C14H25F3N4/c1-13(2,3)12-11(9-19-20-12)8-18-6-5-7-21(4)10-14(15,16)17/h9,18H,5-8,10H2,1-4H3,(H,19,20). The summed E-state index contributed by atoms with van der Waals surface area (Å²) in [4.78, 5) is 1.29. The molecule has 1 heterocycles. The van der Waals surface area contributed by atoms with E-state index in [1.807, 2.05) is 0 Å². The predicted molar refractivity (Wildman–Crippen MR) is 77.2 cm³/mol. The van der Waals surface area contributed by atoms with Crippen LogP contribution in [0.2, 0.25) is 0 Å². The summed E-state index contributed by atoms with van der Waals surface area (Å²) in [6, 6.07) is 0. The van der Waals surface area contributed by atoms with Gasteiger partial charge in [0.15, 0.2) is 0 Å². The van der Waals surface area contributed by atoms with E-state index in [1.54, 1.807) is 6.20 Å². The van der Waals surface area contributed by atoms with Crippen LogP contribution in [0.4, 0.5) is 13.2 Å². The zero-order valence-corrected chi connectivity index (χ0v) is 13.1. The van der Waals surface area contributed by atoms with Crippen molar-refractivity contribution in [2.75, 3.05) is 26.7 Å². The fourth-order valence-electron chi connectivity index (χ4n) is 2.18. The number of H-pyrrole nitrogens is 1. The molecule has 1 aromatic heterocycles. The Kier molecular flexibility index (Phi) is 6.22. The van der Waals surface area contributed by atoms with Gasteiger partial charge in [-0.15, -0.1) is 0 Å². The van der Waals surface area contributed by atoms with E-state index in [0.717, 1.165) is 11.3 Å². The lowest BCUT2D eigenvalue weighted by atomic mass is 9.89. The van der Waals surface area contributed by atoms with Gasteiger partial charge in [-0.25, -0.2) is 0 Å². The van der Waals surface area contributed by atoms with Gasteiger partial charge in [0.1, 0.15) is 0 Å². The molecule has 0 aliphatic heterocycles. The fourth-order valence-corrected chi connectivity index (χ4v) is 2.18. The Bertz CT molecular complexity index is 421. The van der Waals surface area contributed by atoms with Crippen LogP contribution in [0, 0.1) is 0 Å². The summed E-state index contributed by atoms with van der Waals surface area (Å²) >= 11 is 0. The topological polar surface area (TPSA) is 44.0 Å². The van der Waals surface area contributed by atoms with Crippen LogP contribution in [0.3, 0.4) is 0 Å². The van der Waals surface area contributed by atoms with Crippen LogP contribution < -0.4 is 5.32 Å². The van der Waals surface area contributed by atoms with Gasteiger partial charge >= 0.3 is 6.18 Å². The number of nitrogens with zero attached hydrogens (tertiary/aromatic N) is 2. The van der Waals surface area contributed by atoms with Crippen LogP contribution in [0.1, 0.15) is 38.4 Å². The molecule has 0 saturated carbocycles. The molecule has 2 N–H and O–H groups in total. The molecule has 0 aliphatic carbocycles. The Morgan fingerprint density at radius 1 is 1.29 bits per heavy atom. The Morgan fingerprint density at radius 3 is 2.52 bits per heavy atom. The molecule has 0 fully saturated rings. The van der Waals surface area contributed by atoms with E-state index in [-0.39, 0.29) is 5.41 Å². The molecular formula is C14H25F3N4. The first-order valence-electron chi connectivity index (χ1n) is 7.08. The third-order valence-corrected chi connectivity index (χ3v) is 3.13. The second kappa shape index (κ2) is 7.26. The van der Waals surface area contributed by atoms with Crippen LogP contribution in [0.5, 0.6) is 0 Å².